The van der Waals surface area contributed by atoms with E-state index in [4.69, 9.17) is 4.74 Å². The Balaban J connectivity index is 1.74. The molecule has 4 heteroatoms. The molecule has 104 valence electrons. The number of methoxy groups -OCH3 is 1. The topological polar surface area (TPSA) is 38.3 Å². The molecule has 0 bridgehead atoms. The highest BCUT2D eigenvalue weighted by Crippen LogP contribution is 2.48. The van der Waals surface area contributed by atoms with Gasteiger partial charge >= 0.3 is 0 Å². The van der Waals surface area contributed by atoms with Crippen molar-refractivity contribution in [1.82, 2.24) is 5.32 Å². The zero-order valence-electron chi connectivity index (χ0n) is 11.3. The molecular weight excluding hydrogens is 258 g/mol. The minimum atomic E-state index is 0.0932. The zero-order chi connectivity index (χ0) is 13.7. The predicted octanol–water partition coefficient (Wildman–Crippen LogP) is 2.45. The monoisotopic (exact) mass is 279 g/mol. The van der Waals surface area contributed by atoms with Crippen LogP contribution in [0.1, 0.15) is 24.8 Å². The first kappa shape index (κ1) is 14.4. The molecule has 0 spiro atoms. The van der Waals surface area contributed by atoms with Gasteiger partial charge in [0.2, 0.25) is 5.91 Å². The van der Waals surface area contributed by atoms with E-state index in [1.165, 1.54) is 12.8 Å². The van der Waals surface area contributed by atoms with Crippen LogP contribution < -0.4 is 5.32 Å². The summed E-state index contributed by atoms with van der Waals surface area (Å²) in [6, 6.07) is 7.71. The van der Waals surface area contributed by atoms with Crippen LogP contribution in [0.2, 0.25) is 0 Å². The predicted molar refractivity (Wildman–Crippen MR) is 78.6 cm³/mol. The second kappa shape index (κ2) is 6.44. The van der Waals surface area contributed by atoms with Crippen LogP contribution in [0.4, 0.5) is 0 Å². The molecule has 0 radical (unpaired) electrons. The lowest BCUT2D eigenvalue weighted by Crippen LogP contribution is -2.31. The maximum absolute atomic E-state index is 11.9. The van der Waals surface area contributed by atoms with Gasteiger partial charge in [-0.1, -0.05) is 12.1 Å². The number of rotatable bonds is 7. The van der Waals surface area contributed by atoms with Gasteiger partial charge in [0.25, 0.3) is 0 Å². The van der Waals surface area contributed by atoms with E-state index in [1.54, 1.807) is 7.11 Å². The number of benzene rings is 1. The van der Waals surface area contributed by atoms with Crippen molar-refractivity contribution in [2.24, 2.45) is 5.41 Å². The average molecular weight is 279 g/mol. The fourth-order valence-corrected chi connectivity index (χ4v) is 2.31. The molecular formula is C15H21NO2S. The molecule has 1 amide bonds. The Bertz CT molecular complexity index is 426. The summed E-state index contributed by atoms with van der Waals surface area (Å²) in [6.07, 6.45) is 3.88. The Morgan fingerprint density at radius 2 is 2.05 bits per heavy atom. The van der Waals surface area contributed by atoms with Gasteiger partial charge in [-0.25, -0.2) is 0 Å². The number of hydrogen-bond donors (Lipinski definition) is 2. The first-order valence-electron chi connectivity index (χ1n) is 6.67. The molecule has 0 saturated heterocycles. The highest BCUT2D eigenvalue weighted by molar-refractivity contribution is 7.80. The fourth-order valence-electron chi connectivity index (χ4n) is 2.16. The van der Waals surface area contributed by atoms with Crippen LogP contribution in [0, 0.1) is 5.41 Å². The van der Waals surface area contributed by atoms with Crippen molar-refractivity contribution in [2.45, 2.75) is 30.6 Å². The first-order chi connectivity index (χ1) is 9.13. The van der Waals surface area contributed by atoms with Crippen LogP contribution >= 0.6 is 12.6 Å². The Morgan fingerprint density at radius 1 is 1.37 bits per heavy atom. The Hall–Kier alpha value is -1.00. The fraction of sp³-hybridized carbons (Fsp3) is 0.533. The number of hydrogen-bond acceptors (Lipinski definition) is 3. The second-order valence-electron chi connectivity index (χ2n) is 5.36. The van der Waals surface area contributed by atoms with Crippen LogP contribution in [0.3, 0.4) is 0 Å². The molecule has 1 N–H and O–H groups in total. The number of ether oxygens (including phenoxy) is 1. The lowest BCUT2D eigenvalue weighted by atomic mass is 10.0. The van der Waals surface area contributed by atoms with E-state index in [1.807, 2.05) is 24.3 Å². The molecule has 1 aliphatic carbocycles. The molecule has 1 aliphatic rings. The lowest BCUT2D eigenvalue weighted by Gasteiger charge is -2.15. The summed E-state index contributed by atoms with van der Waals surface area (Å²) in [5, 5.41) is 3.04. The van der Waals surface area contributed by atoms with Crippen molar-refractivity contribution in [2.75, 3.05) is 20.3 Å². The van der Waals surface area contributed by atoms with E-state index >= 15 is 0 Å². The van der Waals surface area contributed by atoms with E-state index < -0.39 is 0 Å². The van der Waals surface area contributed by atoms with Gasteiger partial charge in [0, 0.05) is 25.2 Å². The zero-order valence-corrected chi connectivity index (χ0v) is 12.2. The standard InChI is InChI=1S/C15H21NO2S/c1-18-9-8-15(6-7-15)11-16-14(17)10-12-2-4-13(19)5-3-12/h2-5,19H,6-11H2,1H3,(H,16,17). The van der Waals surface area contributed by atoms with Crippen LogP contribution in [-0.4, -0.2) is 26.2 Å². The maximum atomic E-state index is 11.9. The molecule has 1 aromatic rings. The van der Waals surface area contributed by atoms with Crippen LogP contribution in [0.15, 0.2) is 29.2 Å². The Labute approximate surface area is 120 Å². The number of carbonyl (C=O) groups is 1. The van der Waals surface area contributed by atoms with E-state index in [2.05, 4.69) is 17.9 Å². The number of carbonyl (C=O) groups excluding carboxylic acids is 1. The van der Waals surface area contributed by atoms with Gasteiger partial charge in [-0.15, -0.1) is 12.6 Å². The largest absolute Gasteiger partial charge is 0.385 e. The summed E-state index contributed by atoms with van der Waals surface area (Å²) < 4.78 is 5.11. The van der Waals surface area contributed by atoms with Gasteiger partial charge < -0.3 is 10.1 Å². The summed E-state index contributed by atoms with van der Waals surface area (Å²) >= 11 is 4.23. The third-order valence-corrected chi connectivity index (χ3v) is 4.05. The number of amides is 1. The Kier molecular flexibility index (Phi) is 4.88. The Morgan fingerprint density at radius 3 is 2.63 bits per heavy atom. The SMILES string of the molecule is COCCC1(CNC(=O)Cc2ccc(S)cc2)CC1. The minimum absolute atomic E-state index is 0.0932. The summed E-state index contributed by atoms with van der Waals surface area (Å²) in [5.41, 5.74) is 1.33. The quantitative estimate of drug-likeness (QED) is 0.752. The van der Waals surface area contributed by atoms with Crippen molar-refractivity contribution in [3.63, 3.8) is 0 Å². The lowest BCUT2D eigenvalue weighted by molar-refractivity contribution is -0.120. The molecule has 0 heterocycles. The van der Waals surface area contributed by atoms with E-state index in [0.29, 0.717) is 11.8 Å². The van der Waals surface area contributed by atoms with Crippen LogP contribution in [-0.2, 0) is 16.0 Å². The van der Waals surface area contributed by atoms with Crippen LogP contribution in [0.25, 0.3) is 0 Å². The van der Waals surface area contributed by atoms with Crippen molar-refractivity contribution in [1.29, 1.82) is 0 Å². The molecule has 1 saturated carbocycles. The van der Waals surface area contributed by atoms with E-state index in [9.17, 15) is 4.79 Å². The average Bonchev–Trinajstić information content (AvgIpc) is 3.18. The summed E-state index contributed by atoms with van der Waals surface area (Å²) in [4.78, 5) is 12.8. The summed E-state index contributed by atoms with van der Waals surface area (Å²) in [6.45, 7) is 1.55. The molecule has 19 heavy (non-hydrogen) atoms. The van der Waals surface area contributed by atoms with Crippen molar-refractivity contribution in [3.05, 3.63) is 29.8 Å². The summed E-state index contributed by atoms with van der Waals surface area (Å²) in [7, 11) is 1.72. The molecule has 0 atom stereocenters. The van der Waals surface area contributed by atoms with Gasteiger partial charge in [0.1, 0.15) is 0 Å². The van der Waals surface area contributed by atoms with Gasteiger partial charge in [-0.05, 0) is 42.4 Å². The summed E-state index contributed by atoms with van der Waals surface area (Å²) in [5.74, 6) is 0.0932. The number of nitrogens with one attached hydrogen (secondary N) is 1. The van der Waals surface area contributed by atoms with Crippen molar-refractivity contribution in [3.8, 4) is 0 Å². The highest BCUT2D eigenvalue weighted by Gasteiger charge is 2.41. The normalized spacial score (nSPS) is 16.1. The second-order valence-corrected chi connectivity index (χ2v) is 5.88. The van der Waals surface area contributed by atoms with Gasteiger partial charge in [0.05, 0.1) is 6.42 Å². The third kappa shape index (κ3) is 4.55. The molecule has 2 rings (SSSR count). The third-order valence-electron chi connectivity index (χ3n) is 3.76. The van der Waals surface area contributed by atoms with Crippen molar-refractivity contribution >= 4 is 18.5 Å². The van der Waals surface area contributed by atoms with E-state index in [-0.39, 0.29) is 5.91 Å². The molecule has 1 aromatic carbocycles. The maximum Gasteiger partial charge on any atom is 0.224 e. The molecule has 0 aromatic heterocycles. The van der Waals surface area contributed by atoms with Crippen molar-refractivity contribution < 1.29 is 9.53 Å². The minimum Gasteiger partial charge on any atom is -0.385 e. The first-order valence-corrected chi connectivity index (χ1v) is 7.12. The number of thiol groups is 1. The molecule has 1 fully saturated rings. The van der Waals surface area contributed by atoms with Gasteiger partial charge in [-0.2, -0.15) is 0 Å². The van der Waals surface area contributed by atoms with Crippen LogP contribution in [0.5, 0.6) is 0 Å². The molecule has 0 aliphatic heterocycles. The molecule has 0 unspecified atom stereocenters. The van der Waals surface area contributed by atoms with E-state index in [0.717, 1.165) is 30.0 Å². The smallest absolute Gasteiger partial charge is 0.224 e. The van der Waals surface area contributed by atoms with Gasteiger partial charge in [0.15, 0.2) is 0 Å². The highest BCUT2D eigenvalue weighted by atomic mass is 32.1. The molecule has 3 nitrogen and oxygen atoms in total. The van der Waals surface area contributed by atoms with Gasteiger partial charge in [-0.3, -0.25) is 4.79 Å².